The van der Waals surface area contributed by atoms with Crippen LogP contribution in [0.5, 0.6) is 5.75 Å². The average molecular weight is 457 g/mol. The van der Waals surface area contributed by atoms with Crippen LogP contribution in [0.3, 0.4) is 0 Å². The van der Waals surface area contributed by atoms with Gasteiger partial charge in [-0.25, -0.2) is 9.18 Å². The lowest BCUT2D eigenvalue weighted by Crippen LogP contribution is -2.34. The fraction of sp³-hybridized carbons (Fsp3) is 0.360. The largest absolute Gasteiger partial charge is 0.527 e. The molecule has 0 unspecified atom stereocenters. The maximum Gasteiger partial charge on any atom is 0.527 e. The monoisotopic (exact) mass is 457 g/mol. The molecule has 0 aromatic heterocycles. The lowest BCUT2D eigenvalue weighted by Gasteiger charge is -2.29. The zero-order chi connectivity index (χ0) is 24.0. The first-order valence-corrected chi connectivity index (χ1v) is 10.8. The number of fused-ring (bicyclic) bond motifs is 1. The van der Waals surface area contributed by atoms with Crippen LogP contribution < -0.4 is 4.74 Å². The summed E-state index contributed by atoms with van der Waals surface area (Å²) in [5.41, 5.74) is 4.05. The summed E-state index contributed by atoms with van der Waals surface area (Å²) in [5.74, 6) is -0.717. The minimum absolute atomic E-state index is 0.145. The van der Waals surface area contributed by atoms with Crippen LogP contribution in [-0.4, -0.2) is 42.1 Å². The summed E-state index contributed by atoms with van der Waals surface area (Å²) < 4.78 is 25.5. The number of halogens is 1. The molecular formula is C25H28FNO6. The Labute approximate surface area is 192 Å². The first-order chi connectivity index (χ1) is 15.8. The second-order valence-electron chi connectivity index (χ2n) is 7.90. The molecule has 176 valence electrons. The Bertz CT molecular complexity index is 1050. The summed E-state index contributed by atoms with van der Waals surface area (Å²) >= 11 is 0. The molecule has 1 aliphatic heterocycles. The number of hydrogen-bond donors (Lipinski definition) is 1. The van der Waals surface area contributed by atoms with Crippen LogP contribution in [0, 0.1) is 5.82 Å². The molecule has 0 fully saturated rings. The van der Waals surface area contributed by atoms with Gasteiger partial charge in [0.2, 0.25) is 0 Å². The summed E-state index contributed by atoms with van der Waals surface area (Å²) in [6.45, 7) is 8.52. The average Bonchev–Trinajstić information content (AvgIpc) is 2.75. The van der Waals surface area contributed by atoms with Crippen LogP contribution >= 0.6 is 0 Å². The van der Waals surface area contributed by atoms with Gasteiger partial charge in [0.25, 0.3) is 0 Å². The Balaban J connectivity index is 1.90. The van der Waals surface area contributed by atoms with Gasteiger partial charge in [0.05, 0.1) is 26.2 Å². The molecule has 0 aliphatic carbocycles. The Kier molecular flexibility index (Phi) is 8.06. The molecule has 1 N–H and O–H groups in total. The smallest absolute Gasteiger partial charge is 0.493 e. The molecule has 0 spiro atoms. The molecule has 2 aromatic rings. The summed E-state index contributed by atoms with van der Waals surface area (Å²) in [6.07, 6.45) is -0.0859. The van der Waals surface area contributed by atoms with Crippen molar-refractivity contribution >= 4 is 12.1 Å². The standard InChI is InChI=1S/C25H28FNO6/c1-4-31-23-8-5-17(14-24(28)29)13-20(23)18-6-7-22(26)19-9-11-27(15-21(18)19)33-25(30)32-12-10-16(2)3/h5-8,13H,2,4,9-12,14-15H2,1,3H3,(H,28,29). The van der Waals surface area contributed by atoms with Gasteiger partial charge in [-0.3, -0.25) is 4.79 Å². The highest BCUT2D eigenvalue weighted by atomic mass is 19.1. The van der Waals surface area contributed by atoms with Crippen molar-refractivity contribution in [3.05, 3.63) is 65.0 Å². The van der Waals surface area contributed by atoms with Crippen LogP contribution in [0.4, 0.5) is 9.18 Å². The van der Waals surface area contributed by atoms with Gasteiger partial charge in [-0.2, -0.15) is 0 Å². The lowest BCUT2D eigenvalue weighted by molar-refractivity contribution is -0.137. The number of rotatable bonds is 9. The predicted molar refractivity (Wildman–Crippen MR) is 120 cm³/mol. The molecule has 1 aliphatic rings. The number of aliphatic carboxylic acids is 1. The van der Waals surface area contributed by atoms with Crippen molar-refractivity contribution in [3.8, 4) is 16.9 Å². The molecule has 0 atom stereocenters. The van der Waals surface area contributed by atoms with E-state index in [1.807, 2.05) is 13.8 Å². The molecule has 2 aromatic carbocycles. The number of nitrogens with zero attached hydrogens (tertiary/aromatic N) is 1. The zero-order valence-electron chi connectivity index (χ0n) is 18.9. The Morgan fingerprint density at radius 1 is 1.18 bits per heavy atom. The Morgan fingerprint density at radius 3 is 2.67 bits per heavy atom. The van der Waals surface area contributed by atoms with E-state index in [9.17, 15) is 19.1 Å². The number of carboxylic acids is 1. The number of carbonyl (C=O) groups excluding carboxylic acids is 1. The van der Waals surface area contributed by atoms with Crippen molar-refractivity contribution in [2.24, 2.45) is 0 Å². The van der Waals surface area contributed by atoms with Gasteiger partial charge in [-0.15, -0.1) is 11.6 Å². The van der Waals surface area contributed by atoms with Crippen molar-refractivity contribution in [3.63, 3.8) is 0 Å². The normalized spacial score (nSPS) is 13.2. The second-order valence-corrected chi connectivity index (χ2v) is 7.90. The van der Waals surface area contributed by atoms with E-state index in [4.69, 9.17) is 14.3 Å². The van der Waals surface area contributed by atoms with Crippen molar-refractivity contribution in [1.82, 2.24) is 5.06 Å². The number of carboxylic acid groups (broad SMARTS) is 1. The molecule has 0 radical (unpaired) electrons. The quantitative estimate of drug-likeness (QED) is 0.423. The van der Waals surface area contributed by atoms with E-state index < -0.39 is 12.1 Å². The van der Waals surface area contributed by atoms with Crippen LogP contribution in [0.1, 0.15) is 37.0 Å². The minimum Gasteiger partial charge on any atom is -0.493 e. The van der Waals surface area contributed by atoms with Crippen molar-refractivity contribution < 1.29 is 33.4 Å². The van der Waals surface area contributed by atoms with E-state index in [2.05, 4.69) is 6.58 Å². The van der Waals surface area contributed by atoms with Gasteiger partial charge in [-0.05, 0) is 60.7 Å². The first-order valence-electron chi connectivity index (χ1n) is 10.8. The highest BCUT2D eigenvalue weighted by Crippen LogP contribution is 2.38. The Hall–Kier alpha value is -3.39. The maximum absolute atomic E-state index is 14.6. The second kappa shape index (κ2) is 11.0. The fourth-order valence-corrected chi connectivity index (χ4v) is 3.73. The summed E-state index contributed by atoms with van der Waals surface area (Å²) in [6, 6.07) is 8.22. The highest BCUT2D eigenvalue weighted by Gasteiger charge is 2.26. The molecular weight excluding hydrogens is 429 g/mol. The van der Waals surface area contributed by atoms with Crippen LogP contribution in [0.15, 0.2) is 42.5 Å². The third kappa shape index (κ3) is 6.32. The molecule has 0 saturated carbocycles. The molecule has 7 nitrogen and oxygen atoms in total. The SMILES string of the molecule is C=C(C)CCOC(=O)ON1CCc2c(F)ccc(-c3cc(CC(=O)O)ccc3OCC)c2C1. The van der Waals surface area contributed by atoms with Gasteiger partial charge in [0.1, 0.15) is 11.6 Å². The zero-order valence-corrected chi connectivity index (χ0v) is 18.9. The van der Waals surface area contributed by atoms with E-state index in [0.29, 0.717) is 59.6 Å². The van der Waals surface area contributed by atoms with Crippen molar-refractivity contribution in [2.75, 3.05) is 19.8 Å². The Morgan fingerprint density at radius 2 is 1.97 bits per heavy atom. The summed E-state index contributed by atoms with van der Waals surface area (Å²) in [5, 5.41) is 10.6. The molecule has 1 heterocycles. The van der Waals surface area contributed by atoms with E-state index in [1.54, 1.807) is 24.3 Å². The van der Waals surface area contributed by atoms with Crippen molar-refractivity contribution in [2.45, 2.75) is 39.7 Å². The highest BCUT2D eigenvalue weighted by molar-refractivity contribution is 5.77. The predicted octanol–water partition coefficient (Wildman–Crippen LogP) is 4.91. The molecule has 8 heteroatoms. The number of benzene rings is 2. The van der Waals surface area contributed by atoms with Gasteiger partial charge in [0.15, 0.2) is 0 Å². The van der Waals surface area contributed by atoms with Gasteiger partial charge in [-0.1, -0.05) is 17.7 Å². The minimum atomic E-state index is -0.948. The molecule has 0 saturated heterocycles. The van der Waals surface area contributed by atoms with Crippen LogP contribution in [-0.2, 0) is 33.8 Å². The van der Waals surface area contributed by atoms with Crippen LogP contribution in [0.25, 0.3) is 11.1 Å². The number of hydrogen-bond acceptors (Lipinski definition) is 6. The van der Waals surface area contributed by atoms with Crippen LogP contribution in [0.2, 0.25) is 0 Å². The summed E-state index contributed by atoms with van der Waals surface area (Å²) in [4.78, 5) is 28.6. The van der Waals surface area contributed by atoms with E-state index in [1.165, 1.54) is 11.1 Å². The topological polar surface area (TPSA) is 85.3 Å². The molecule has 0 amide bonds. The van der Waals surface area contributed by atoms with E-state index in [-0.39, 0.29) is 25.4 Å². The van der Waals surface area contributed by atoms with Gasteiger partial charge in [0, 0.05) is 18.5 Å². The van der Waals surface area contributed by atoms with Gasteiger partial charge >= 0.3 is 12.1 Å². The van der Waals surface area contributed by atoms with Gasteiger partial charge < -0.3 is 19.4 Å². The number of carbonyl (C=O) groups is 2. The fourth-order valence-electron chi connectivity index (χ4n) is 3.73. The van der Waals surface area contributed by atoms with Crippen molar-refractivity contribution in [1.29, 1.82) is 0 Å². The summed E-state index contributed by atoms with van der Waals surface area (Å²) in [7, 11) is 0. The first kappa shape index (κ1) is 24.3. The molecule has 0 bridgehead atoms. The lowest BCUT2D eigenvalue weighted by atomic mass is 9.90. The molecule has 33 heavy (non-hydrogen) atoms. The number of hydroxylamine groups is 2. The van der Waals surface area contributed by atoms with E-state index in [0.717, 1.165) is 5.57 Å². The third-order valence-electron chi connectivity index (χ3n) is 5.26. The number of ether oxygens (including phenoxy) is 2. The third-order valence-corrected chi connectivity index (χ3v) is 5.26. The van der Waals surface area contributed by atoms with E-state index >= 15 is 0 Å². The molecule has 3 rings (SSSR count). The maximum atomic E-state index is 14.6.